The molecule has 0 aromatic heterocycles. The van der Waals surface area contributed by atoms with Gasteiger partial charge in [0, 0.05) is 6.07 Å². The molecule has 0 spiro atoms. The number of ether oxygens (including phenoxy) is 2. The average Bonchev–Trinajstić information content (AvgIpc) is 2.30. The predicted molar refractivity (Wildman–Crippen MR) is 61.3 cm³/mol. The van der Waals surface area contributed by atoms with Gasteiger partial charge in [-0.05, 0) is 26.0 Å². The van der Waals surface area contributed by atoms with Gasteiger partial charge in [0.2, 0.25) is 0 Å². The van der Waals surface area contributed by atoms with E-state index in [0.717, 1.165) is 0 Å². The molecule has 0 unspecified atom stereocenters. The molecule has 0 bridgehead atoms. The van der Waals surface area contributed by atoms with E-state index in [1.807, 2.05) is 13.8 Å². The van der Waals surface area contributed by atoms with Crippen LogP contribution in [0.1, 0.15) is 13.8 Å². The summed E-state index contributed by atoms with van der Waals surface area (Å²) in [7, 11) is 0. The van der Waals surface area contributed by atoms with Gasteiger partial charge in [0.05, 0.1) is 18.9 Å². The summed E-state index contributed by atoms with van der Waals surface area (Å²) >= 11 is 0. The van der Waals surface area contributed by atoms with E-state index in [1.54, 1.807) is 18.2 Å². The molecular formula is C11H14N2O4. The molecule has 0 atom stereocenters. The highest BCUT2D eigenvalue weighted by Crippen LogP contribution is 2.31. The van der Waals surface area contributed by atoms with Crippen molar-refractivity contribution in [2.45, 2.75) is 13.8 Å². The van der Waals surface area contributed by atoms with Gasteiger partial charge in [0.25, 0.3) is 0 Å². The molecule has 92 valence electrons. The van der Waals surface area contributed by atoms with Gasteiger partial charge in [-0.1, -0.05) is 5.11 Å². The van der Waals surface area contributed by atoms with Gasteiger partial charge < -0.3 is 14.6 Å². The highest BCUT2D eigenvalue weighted by molar-refractivity contribution is 5.65. The lowest BCUT2D eigenvalue weighted by Crippen LogP contribution is -1.97. The molecule has 0 heterocycles. The van der Waals surface area contributed by atoms with E-state index in [0.29, 0.717) is 30.4 Å². The molecule has 1 aromatic carbocycles. The van der Waals surface area contributed by atoms with Crippen molar-refractivity contribution in [1.29, 1.82) is 0 Å². The summed E-state index contributed by atoms with van der Waals surface area (Å²) in [6.45, 7) is 4.73. The quantitative estimate of drug-likeness (QED) is 0.798. The van der Waals surface area contributed by atoms with Crippen LogP contribution in [0.2, 0.25) is 0 Å². The molecule has 1 amide bonds. The minimum absolute atomic E-state index is 0.402. The Hall–Kier alpha value is -2.11. The Kier molecular flexibility index (Phi) is 4.93. The number of azo groups is 1. The first kappa shape index (κ1) is 13.0. The monoisotopic (exact) mass is 238 g/mol. The Balaban J connectivity index is 2.95. The standard InChI is InChI=1S/C11H14N2O4/c1-3-16-9-6-5-8(12-13-11(14)15)7-10(9)17-4-2/h5-7H,3-4H2,1-2H3,(H,14,15). The first-order chi connectivity index (χ1) is 8.17. The number of rotatable bonds is 5. The number of benzene rings is 1. The third-order valence-corrected chi connectivity index (χ3v) is 1.78. The predicted octanol–water partition coefficient (Wildman–Crippen LogP) is 3.25. The van der Waals surface area contributed by atoms with Crippen molar-refractivity contribution >= 4 is 11.8 Å². The fraction of sp³-hybridized carbons (Fsp3) is 0.364. The Morgan fingerprint density at radius 2 is 1.88 bits per heavy atom. The van der Waals surface area contributed by atoms with Crippen LogP contribution in [-0.4, -0.2) is 24.4 Å². The van der Waals surface area contributed by atoms with Crippen LogP contribution in [0.15, 0.2) is 28.4 Å². The van der Waals surface area contributed by atoms with Crippen LogP contribution < -0.4 is 9.47 Å². The molecule has 1 rings (SSSR count). The van der Waals surface area contributed by atoms with Crippen molar-refractivity contribution in [1.82, 2.24) is 0 Å². The normalized spacial score (nSPS) is 10.5. The van der Waals surface area contributed by atoms with E-state index in [1.165, 1.54) is 0 Å². The van der Waals surface area contributed by atoms with Crippen molar-refractivity contribution in [3.63, 3.8) is 0 Å². The van der Waals surface area contributed by atoms with Gasteiger partial charge in [-0.2, -0.15) is 0 Å². The highest BCUT2D eigenvalue weighted by atomic mass is 16.5. The Labute approximate surface area is 98.9 Å². The van der Waals surface area contributed by atoms with E-state index in [-0.39, 0.29) is 0 Å². The molecule has 17 heavy (non-hydrogen) atoms. The van der Waals surface area contributed by atoms with Gasteiger partial charge in [0.15, 0.2) is 11.5 Å². The molecule has 0 aliphatic rings. The zero-order valence-corrected chi connectivity index (χ0v) is 9.71. The summed E-state index contributed by atoms with van der Waals surface area (Å²) in [5.74, 6) is 1.12. The van der Waals surface area contributed by atoms with Crippen LogP contribution in [0.3, 0.4) is 0 Å². The van der Waals surface area contributed by atoms with Gasteiger partial charge in [0.1, 0.15) is 0 Å². The van der Waals surface area contributed by atoms with Gasteiger partial charge >= 0.3 is 6.09 Å². The number of nitrogens with zero attached hydrogens (tertiary/aromatic N) is 2. The maximum Gasteiger partial charge on any atom is 0.449 e. The molecule has 1 aromatic rings. The average molecular weight is 238 g/mol. The maximum atomic E-state index is 10.2. The summed E-state index contributed by atoms with van der Waals surface area (Å²) in [5.41, 5.74) is 0.402. The first-order valence-corrected chi connectivity index (χ1v) is 5.21. The van der Waals surface area contributed by atoms with E-state index in [4.69, 9.17) is 14.6 Å². The van der Waals surface area contributed by atoms with Crippen LogP contribution in [0.25, 0.3) is 0 Å². The van der Waals surface area contributed by atoms with Crippen LogP contribution in [0.4, 0.5) is 10.5 Å². The number of hydrogen-bond donors (Lipinski definition) is 1. The Morgan fingerprint density at radius 1 is 1.24 bits per heavy atom. The summed E-state index contributed by atoms with van der Waals surface area (Å²) in [4.78, 5) is 10.2. The molecule has 6 heteroatoms. The SMILES string of the molecule is CCOc1ccc(N=NC(=O)O)cc1OCC. The number of carbonyl (C=O) groups is 1. The largest absolute Gasteiger partial charge is 0.490 e. The van der Waals surface area contributed by atoms with Gasteiger partial charge in [-0.25, -0.2) is 4.79 Å². The molecule has 0 radical (unpaired) electrons. The third-order valence-electron chi connectivity index (χ3n) is 1.78. The molecule has 0 fully saturated rings. The lowest BCUT2D eigenvalue weighted by Gasteiger charge is -2.10. The lowest BCUT2D eigenvalue weighted by molar-refractivity contribution is 0.204. The summed E-state index contributed by atoms with van der Waals surface area (Å²) in [6, 6.07) is 4.87. The van der Waals surface area contributed by atoms with Gasteiger partial charge in [-0.3, -0.25) is 0 Å². The minimum Gasteiger partial charge on any atom is -0.490 e. The minimum atomic E-state index is -1.34. The van der Waals surface area contributed by atoms with Crippen LogP contribution in [-0.2, 0) is 0 Å². The maximum absolute atomic E-state index is 10.2. The Morgan fingerprint density at radius 3 is 2.47 bits per heavy atom. The number of hydrogen-bond acceptors (Lipinski definition) is 4. The third kappa shape index (κ3) is 4.10. The molecule has 0 aliphatic carbocycles. The highest BCUT2D eigenvalue weighted by Gasteiger charge is 2.05. The van der Waals surface area contributed by atoms with Crippen LogP contribution >= 0.6 is 0 Å². The smallest absolute Gasteiger partial charge is 0.449 e. The molecule has 1 N–H and O–H groups in total. The van der Waals surface area contributed by atoms with Gasteiger partial charge in [-0.15, -0.1) is 5.11 Å². The van der Waals surface area contributed by atoms with Crippen molar-refractivity contribution in [2.24, 2.45) is 10.2 Å². The van der Waals surface area contributed by atoms with Crippen molar-refractivity contribution in [3.8, 4) is 11.5 Å². The van der Waals surface area contributed by atoms with E-state index in [9.17, 15) is 4.79 Å². The molecule has 0 saturated carbocycles. The first-order valence-electron chi connectivity index (χ1n) is 5.21. The summed E-state index contributed by atoms with van der Waals surface area (Å²) < 4.78 is 10.7. The summed E-state index contributed by atoms with van der Waals surface area (Å²) in [5, 5.41) is 14.9. The number of carboxylic acid groups (broad SMARTS) is 1. The molecule has 6 nitrogen and oxygen atoms in total. The van der Waals surface area contributed by atoms with E-state index in [2.05, 4.69) is 10.2 Å². The lowest BCUT2D eigenvalue weighted by atomic mass is 10.3. The van der Waals surface area contributed by atoms with Crippen LogP contribution in [0.5, 0.6) is 11.5 Å². The fourth-order valence-corrected chi connectivity index (χ4v) is 1.20. The zero-order valence-electron chi connectivity index (χ0n) is 9.71. The van der Waals surface area contributed by atoms with Crippen molar-refractivity contribution in [2.75, 3.05) is 13.2 Å². The van der Waals surface area contributed by atoms with Crippen molar-refractivity contribution < 1.29 is 19.4 Å². The molecule has 0 saturated heterocycles. The second-order valence-electron chi connectivity index (χ2n) is 2.98. The zero-order chi connectivity index (χ0) is 12.7. The fourth-order valence-electron chi connectivity index (χ4n) is 1.20. The number of amides is 1. The van der Waals surface area contributed by atoms with E-state index < -0.39 is 6.09 Å². The second-order valence-corrected chi connectivity index (χ2v) is 2.98. The topological polar surface area (TPSA) is 80.5 Å². The second kappa shape index (κ2) is 6.47. The summed E-state index contributed by atoms with van der Waals surface area (Å²) in [6.07, 6.45) is -1.34. The van der Waals surface area contributed by atoms with Crippen LogP contribution in [0, 0.1) is 0 Å². The molecular weight excluding hydrogens is 224 g/mol. The molecule has 0 aliphatic heterocycles. The van der Waals surface area contributed by atoms with E-state index >= 15 is 0 Å². The van der Waals surface area contributed by atoms with Crippen molar-refractivity contribution in [3.05, 3.63) is 18.2 Å². The Bertz CT molecular complexity index is 418.